The number of hydrogen-bond acceptors (Lipinski definition) is 7. The summed E-state index contributed by atoms with van der Waals surface area (Å²) in [6.07, 6.45) is 0.713. The normalized spacial score (nSPS) is 10.9. The summed E-state index contributed by atoms with van der Waals surface area (Å²) >= 11 is 1.46. The molecule has 0 saturated heterocycles. The number of nitrogens with zero attached hydrogens (tertiary/aromatic N) is 1. The third kappa shape index (κ3) is 4.17. The van der Waals surface area contributed by atoms with E-state index in [1.807, 2.05) is 26.0 Å². The predicted molar refractivity (Wildman–Crippen MR) is 107 cm³/mol. The molecule has 0 unspecified atom stereocenters. The van der Waals surface area contributed by atoms with Gasteiger partial charge in [0.25, 0.3) is 5.56 Å². The van der Waals surface area contributed by atoms with Crippen molar-refractivity contribution >= 4 is 27.5 Å². The fourth-order valence-corrected chi connectivity index (χ4v) is 3.92. The molecular weight excluding hydrogens is 380 g/mol. The van der Waals surface area contributed by atoms with Crippen LogP contribution in [0, 0.1) is 13.8 Å². The fourth-order valence-electron chi connectivity index (χ4n) is 2.87. The standard InChI is InChI=1S/C20H22N2O5S/c1-11-12(2)28-20-18(11)19(24)21-16(22-20)10-27-17(23)8-6-13-5-7-14(25-3)15(9-13)26-4/h5,7,9H,6,8,10H2,1-4H3,(H,21,22,24). The summed E-state index contributed by atoms with van der Waals surface area (Å²) in [6.45, 7) is 3.79. The molecule has 0 aliphatic heterocycles. The molecule has 148 valence electrons. The summed E-state index contributed by atoms with van der Waals surface area (Å²) in [5, 5.41) is 0.603. The molecule has 0 radical (unpaired) electrons. The van der Waals surface area contributed by atoms with Gasteiger partial charge in [-0.3, -0.25) is 9.59 Å². The van der Waals surface area contributed by atoms with Crippen LogP contribution in [0.5, 0.6) is 11.5 Å². The van der Waals surface area contributed by atoms with Crippen LogP contribution >= 0.6 is 11.3 Å². The Bertz CT molecular complexity index is 1070. The lowest BCUT2D eigenvalue weighted by molar-refractivity contribution is -0.145. The Hall–Kier alpha value is -2.87. The highest BCUT2D eigenvalue weighted by Gasteiger charge is 2.13. The molecule has 1 N–H and O–H groups in total. The number of thiophene rings is 1. The minimum atomic E-state index is -0.365. The molecule has 0 fully saturated rings. The lowest BCUT2D eigenvalue weighted by Gasteiger charge is -2.09. The lowest BCUT2D eigenvalue weighted by atomic mass is 10.1. The molecule has 0 saturated carbocycles. The quantitative estimate of drug-likeness (QED) is 0.610. The average molecular weight is 402 g/mol. The van der Waals surface area contributed by atoms with Crippen molar-refractivity contribution in [3.63, 3.8) is 0 Å². The van der Waals surface area contributed by atoms with Gasteiger partial charge < -0.3 is 19.2 Å². The molecule has 0 amide bonds. The van der Waals surface area contributed by atoms with Gasteiger partial charge >= 0.3 is 5.97 Å². The predicted octanol–water partition coefficient (Wildman–Crippen LogP) is 3.29. The summed E-state index contributed by atoms with van der Waals surface area (Å²) in [5.41, 5.74) is 1.67. The number of ether oxygens (including phenoxy) is 3. The van der Waals surface area contributed by atoms with Crippen LogP contribution in [0.15, 0.2) is 23.0 Å². The number of methoxy groups -OCH3 is 2. The first kappa shape index (κ1) is 19.9. The summed E-state index contributed by atoms with van der Waals surface area (Å²) in [5.74, 6) is 1.23. The molecule has 0 spiro atoms. The number of carbonyl (C=O) groups excluding carboxylic acids is 1. The second kappa shape index (κ2) is 8.43. The van der Waals surface area contributed by atoms with E-state index in [1.54, 1.807) is 20.3 Å². The van der Waals surface area contributed by atoms with Crippen molar-refractivity contribution in [1.29, 1.82) is 0 Å². The average Bonchev–Trinajstić information content (AvgIpc) is 2.98. The van der Waals surface area contributed by atoms with Gasteiger partial charge in [-0.2, -0.15) is 0 Å². The number of fused-ring (bicyclic) bond motifs is 1. The van der Waals surface area contributed by atoms with Gasteiger partial charge in [0.15, 0.2) is 11.5 Å². The molecule has 28 heavy (non-hydrogen) atoms. The van der Waals surface area contributed by atoms with E-state index in [2.05, 4.69) is 9.97 Å². The van der Waals surface area contributed by atoms with E-state index in [0.717, 1.165) is 16.0 Å². The van der Waals surface area contributed by atoms with Gasteiger partial charge in [-0.05, 0) is 43.5 Å². The molecular formula is C20H22N2O5S. The zero-order valence-electron chi connectivity index (χ0n) is 16.3. The Balaban J connectivity index is 1.60. The molecule has 3 aromatic rings. The minimum Gasteiger partial charge on any atom is -0.493 e. The molecule has 0 bridgehead atoms. The molecule has 8 heteroatoms. The SMILES string of the molecule is COc1ccc(CCC(=O)OCc2nc3sc(C)c(C)c3c(=O)[nH]2)cc1OC. The van der Waals surface area contributed by atoms with Gasteiger partial charge in [0.05, 0.1) is 19.6 Å². The van der Waals surface area contributed by atoms with Crippen LogP contribution < -0.4 is 15.0 Å². The lowest BCUT2D eigenvalue weighted by Crippen LogP contribution is -2.14. The van der Waals surface area contributed by atoms with E-state index in [-0.39, 0.29) is 24.6 Å². The van der Waals surface area contributed by atoms with Crippen LogP contribution in [0.1, 0.15) is 28.2 Å². The summed E-state index contributed by atoms with van der Waals surface area (Å²) in [4.78, 5) is 33.1. The number of hydrogen-bond donors (Lipinski definition) is 1. The number of aromatic nitrogens is 2. The summed E-state index contributed by atoms with van der Waals surface area (Å²) in [7, 11) is 3.14. The van der Waals surface area contributed by atoms with Crippen LogP contribution in [-0.4, -0.2) is 30.2 Å². The van der Waals surface area contributed by atoms with Gasteiger partial charge in [-0.25, -0.2) is 4.98 Å². The highest BCUT2D eigenvalue weighted by molar-refractivity contribution is 7.18. The number of benzene rings is 1. The molecule has 7 nitrogen and oxygen atoms in total. The van der Waals surface area contributed by atoms with E-state index < -0.39 is 0 Å². The molecule has 2 heterocycles. The first-order valence-corrected chi connectivity index (χ1v) is 9.60. The number of carbonyl (C=O) groups is 1. The number of aryl methyl sites for hydroxylation is 3. The van der Waals surface area contributed by atoms with Crippen molar-refractivity contribution in [1.82, 2.24) is 9.97 Å². The highest BCUT2D eigenvalue weighted by atomic mass is 32.1. The topological polar surface area (TPSA) is 90.5 Å². The summed E-state index contributed by atoms with van der Waals surface area (Å²) in [6, 6.07) is 5.51. The Labute approximate surface area is 166 Å². The summed E-state index contributed by atoms with van der Waals surface area (Å²) < 4.78 is 15.7. The second-order valence-electron chi connectivity index (χ2n) is 6.33. The van der Waals surface area contributed by atoms with E-state index in [4.69, 9.17) is 14.2 Å². The van der Waals surface area contributed by atoms with Crippen molar-refractivity contribution in [3.8, 4) is 11.5 Å². The van der Waals surface area contributed by atoms with Gasteiger partial charge in [-0.15, -0.1) is 11.3 Å². The maximum Gasteiger partial charge on any atom is 0.306 e. The fraction of sp³-hybridized carbons (Fsp3) is 0.350. The Morgan fingerprint density at radius 3 is 2.64 bits per heavy atom. The van der Waals surface area contributed by atoms with Gasteiger partial charge in [0.2, 0.25) is 0 Å². The minimum absolute atomic E-state index is 0.0635. The van der Waals surface area contributed by atoms with E-state index in [0.29, 0.717) is 34.0 Å². The number of nitrogens with one attached hydrogen (secondary N) is 1. The Morgan fingerprint density at radius 1 is 1.18 bits per heavy atom. The van der Waals surface area contributed by atoms with Gasteiger partial charge in [0.1, 0.15) is 17.3 Å². The van der Waals surface area contributed by atoms with Gasteiger partial charge in [0, 0.05) is 11.3 Å². The third-order valence-corrected chi connectivity index (χ3v) is 5.62. The van der Waals surface area contributed by atoms with Gasteiger partial charge in [-0.1, -0.05) is 6.07 Å². The Morgan fingerprint density at radius 2 is 1.93 bits per heavy atom. The molecule has 3 rings (SSSR count). The molecule has 2 aromatic heterocycles. The van der Waals surface area contributed by atoms with Crippen molar-refractivity contribution in [2.24, 2.45) is 0 Å². The van der Waals surface area contributed by atoms with Crippen molar-refractivity contribution < 1.29 is 19.0 Å². The van der Waals surface area contributed by atoms with Crippen LogP contribution in [0.25, 0.3) is 10.2 Å². The number of esters is 1. The number of rotatable bonds is 7. The highest BCUT2D eigenvalue weighted by Crippen LogP contribution is 2.28. The maximum absolute atomic E-state index is 12.3. The smallest absolute Gasteiger partial charge is 0.306 e. The molecule has 0 aliphatic rings. The van der Waals surface area contributed by atoms with Crippen molar-refractivity contribution in [2.45, 2.75) is 33.3 Å². The van der Waals surface area contributed by atoms with Crippen LogP contribution in [0.4, 0.5) is 0 Å². The van der Waals surface area contributed by atoms with E-state index >= 15 is 0 Å². The second-order valence-corrected chi connectivity index (χ2v) is 7.53. The zero-order valence-corrected chi connectivity index (χ0v) is 17.1. The zero-order chi connectivity index (χ0) is 20.3. The van der Waals surface area contributed by atoms with Crippen LogP contribution in [0.2, 0.25) is 0 Å². The van der Waals surface area contributed by atoms with Crippen molar-refractivity contribution in [3.05, 3.63) is 50.4 Å². The third-order valence-electron chi connectivity index (χ3n) is 4.52. The van der Waals surface area contributed by atoms with E-state index in [1.165, 1.54) is 11.3 Å². The monoisotopic (exact) mass is 402 g/mol. The largest absolute Gasteiger partial charge is 0.493 e. The number of aromatic amines is 1. The molecule has 1 aromatic carbocycles. The first-order valence-electron chi connectivity index (χ1n) is 8.78. The van der Waals surface area contributed by atoms with Crippen molar-refractivity contribution in [2.75, 3.05) is 14.2 Å². The Kier molecular flexibility index (Phi) is 5.99. The van der Waals surface area contributed by atoms with Crippen LogP contribution in [0.3, 0.4) is 0 Å². The molecule has 0 atom stereocenters. The van der Waals surface area contributed by atoms with Crippen LogP contribution in [-0.2, 0) is 22.6 Å². The first-order chi connectivity index (χ1) is 13.4. The van der Waals surface area contributed by atoms with E-state index in [9.17, 15) is 9.59 Å². The maximum atomic E-state index is 12.3. The molecule has 0 aliphatic carbocycles. The number of H-pyrrole nitrogens is 1.